The second-order valence-electron chi connectivity index (χ2n) is 5.23. The summed E-state index contributed by atoms with van der Waals surface area (Å²) in [4.78, 5) is 11.7. The van der Waals surface area contributed by atoms with Crippen LogP contribution in [0.4, 0.5) is 8.78 Å². The average molecular weight is 310 g/mol. The smallest absolute Gasteiger partial charge is 0.252 e. The van der Waals surface area contributed by atoms with E-state index in [-0.39, 0.29) is 12.8 Å². The lowest BCUT2D eigenvalue weighted by molar-refractivity contribution is -0.139. The molecular formula is C13H24F2N2O4. The van der Waals surface area contributed by atoms with Crippen LogP contribution in [-0.4, -0.2) is 68.0 Å². The summed E-state index contributed by atoms with van der Waals surface area (Å²) in [5.74, 6) is -0.949. The van der Waals surface area contributed by atoms with E-state index in [1.165, 1.54) is 21.1 Å². The van der Waals surface area contributed by atoms with E-state index in [4.69, 9.17) is 15.2 Å². The van der Waals surface area contributed by atoms with Gasteiger partial charge in [0.25, 0.3) is 5.91 Å². The normalized spacial score (nSPS) is 36.0. The first-order chi connectivity index (χ1) is 9.87. The maximum atomic E-state index is 14.4. The van der Waals surface area contributed by atoms with E-state index in [0.717, 1.165) is 0 Å². The molecule has 1 amide bonds. The molecule has 0 aromatic heterocycles. The highest BCUT2D eigenvalue weighted by Crippen LogP contribution is 2.26. The van der Waals surface area contributed by atoms with Crippen LogP contribution in [0.25, 0.3) is 0 Å². The van der Waals surface area contributed by atoms with Gasteiger partial charge >= 0.3 is 0 Å². The summed E-state index contributed by atoms with van der Waals surface area (Å²) < 4.78 is 37.8. The average Bonchev–Trinajstić information content (AvgIpc) is 2.48. The Hall–Kier alpha value is -0.830. The molecule has 0 aliphatic heterocycles. The van der Waals surface area contributed by atoms with Gasteiger partial charge in [-0.25, -0.2) is 8.78 Å². The van der Waals surface area contributed by atoms with E-state index < -0.39 is 48.6 Å². The van der Waals surface area contributed by atoms with Crippen LogP contribution < -0.4 is 11.1 Å². The fourth-order valence-electron chi connectivity index (χ4n) is 2.58. The highest BCUT2D eigenvalue weighted by Gasteiger charge is 2.45. The number of aliphatic hydroxyl groups excluding tert-OH is 1. The lowest BCUT2D eigenvalue weighted by atomic mass is 9.84. The number of aliphatic hydroxyl groups is 1. The third kappa shape index (κ3) is 4.09. The molecule has 0 aromatic rings. The van der Waals surface area contributed by atoms with Crippen molar-refractivity contribution in [2.75, 3.05) is 14.2 Å². The number of hydrogen-bond donors (Lipinski definition) is 3. The van der Waals surface area contributed by atoms with Gasteiger partial charge in [-0.3, -0.25) is 4.79 Å². The zero-order chi connectivity index (χ0) is 16.2. The molecule has 0 saturated heterocycles. The number of ether oxygens (including phenoxy) is 2. The molecule has 3 unspecified atom stereocenters. The van der Waals surface area contributed by atoms with Gasteiger partial charge in [-0.1, -0.05) is 6.92 Å². The van der Waals surface area contributed by atoms with Crippen LogP contribution in [0.2, 0.25) is 0 Å². The second-order valence-corrected chi connectivity index (χ2v) is 5.23. The molecule has 1 saturated carbocycles. The van der Waals surface area contributed by atoms with Crippen molar-refractivity contribution in [3.8, 4) is 0 Å². The fourth-order valence-corrected chi connectivity index (χ4v) is 2.58. The Bertz CT molecular complexity index is 348. The van der Waals surface area contributed by atoms with Crippen molar-refractivity contribution in [2.24, 2.45) is 5.73 Å². The summed E-state index contributed by atoms with van der Waals surface area (Å²) in [5, 5.41) is 11.8. The zero-order valence-electron chi connectivity index (χ0n) is 12.5. The summed E-state index contributed by atoms with van der Waals surface area (Å²) in [6.45, 7) is 1.50. The Morgan fingerprint density at radius 1 is 1.43 bits per heavy atom. The Morgan fingerprint density at radius 2 is 2.00 bits per heavy atom. The highest BCUT2D eigenvalue weighted by atomic mass is 19.1. The summed E-state index contributed by atoms with van der Waals surface area (Å²) in [5.41, 5.74) is 5.89. The van der Waals surface area contributed by atoms with E-state index in [2.05, 4.69) is 5.32 Å². The molecule has 1 aliphatic carbocycles. The monoisotopic (exact) mass is 310 g/mol. The van der Waals surface area contributed by atoms with Crippen molar-refractivity contribution in [2.45, 2.75) is 62.5 Å². The van der Waals surface area contributed by atoms with Gasteiger partial charge in [-0.05, 0) is 12.8 Å². The number of amides is 1. The first kappa shape index (κ1) is 18.2. The summed E-state index contributed by atoms with van der Waals surface area (Å²) in [7, 11) is 2.73. The highest BCUT2D eigenvalue weighted by molar-refractivity contribution is 5.81. The summed E-state index contributed by atoms with van der Waals surface area (Å²) in [6.07, 6.45) is -6.53. The van der Waals surface area contributed by atoms with Crippen LogP contribution in [0.3, 0.4) is 0 Å². The first-order valence-electron chi connectivity index (χ1n) is 6.95. The van der Waals surface area contributed by atoms with Gasteiger partial charge in [-0.2, -0.15) is 0 Å². The third-order valence-corrected chi connectivity index (χ3v) is 3.84. The molecule has 0 radical (unpaired) electrons. The van der Waals surface area contributed by atoms with Crippen LogP contribution in [0.15, 0.2) is 0 Å². The SMILES string of the molecule is CCC(F)C(O)C(=O)N[C@@H]1C[C@H](N)[C@@H](OC)[C@H](OC)C1F. The quantitative estimate of drug-likeness (QED) is 0.625. The van der Waals surface area contributed by atoms with Crippen LogP contribution in [0, 0.1) is 0 Å². The van der Waals surface area contributed by atoms with Gasteiger partial charge in [0.2, 0.25) is 0 Å². The molecule has 1 aliphatic rings. The lowest BCUT2D eigenvalue weighted by Crippen LogP contribution is -2.63. The van der Waals surface area contributed by atoms with E-state index in [1.54, 1.807) is 0 Å². The van der Waals surface area contributed by atoms with E-state index >= 15 is 0 Å². The molecule has 21 heavy (non-hydrogen) atoms. The van der Waals surface area contributed by atoms with Gasteiger partial charge in [0.15, 0.2) is 6.10 Å². The zero-order valence-corrected chi connectivity index (χ0v) is 12.5. The molecule has 0 heterocycles. The first-order valence-corrected chi connectivity index (χ1v) is 6.95. The van der Waals surface area contributed by atoms with Crippen molar-refractivity contribution < 1.29 is 28.2 Å². The molecule has 8 heteroatoms. The second kappa shape index (κ2) is 7.98. The van der Waals surface area contributed by atoms with Crippen molar-refractivity contribution in [1.82, 2.24) is 5.32 Å². The van der Waals surface area contributed by atoms with Gasteiger partial charge in [-0.15, -0.1) is 0 Å². The molecular weight excluding hydrogens is 286 g/mol. The molecule has 6 nitrogen and oxygen atoms in total. The number of nitrogens with two attached hydrogens (primary N) is 1. The number of methoxy groups -OCH3 is 2. The molecule has 0 bridgehead atoms. The number of nitrogens with one attached hydrogen (secondary N) is 1. The van der Waals surface area contributed by atoms with E-state index in [9.17, 15) is 18.7 Å². The van der Waals surface area contributed by atoms with Crippen LogP contribution in [-0.2, 0) is 14.3 Å². The molecule has 124 valence electrons. The van der Waals surface area contributed by atoms with Crippen molar-refractivity contribution in [3.05, 3.63) is 0 Å². The van der Waals surface area contributed by atoms with Crippen LogP contribution in [0.5, 0.6) is 0 Å². The standard InChI is InChI=1S/C13H24F2N2O4/c1-4-6(14)10(18)13(19)17-8-5-7(16)11(20-2)12(21-3)9(8)15/h6-12,18H,4-5,16H2,1-3H3,(H,17,19)/t6?,7-,8+,9?,10?,11+,12+/m0/s1. The Labute approximate surface area is 123 Å². The summed E-state index contributed by atoms with van der Waals surface area (Å²) >= 11 is 0. The summed E-state index contributed by atoms with van der Waals surface area (Å²) in [6, 6.07) is -1.50. The number of alkyl halides is 2. The minimum absolute atomic E-state index is 0.00966. The largest absolute Gasteiger partial charge is 0.380 e. The van der Waals surface area contributed by atoms with Crippen LogP contribution in [0.1, 0.15) is 19.8 Å². The number of hydrogen-bond acceptors (Lipinski definition) is 5. The van der Waals surface area contributed by atoms with E-state index in [0.29, 0.717) is 0 Å². The minimum atomic E-state index is -1.82. The molecule has 4 N–H and O–H groups in total. The molecule has 7 atom stereocenters. The molecule has 0 aromatic carbocycles. The topological polar surface area (TPSA) is 93.8 Å². The third-order valence-electron chi connectivity index (χ3n) is 3.84. The maximum Gasteiger partial charge on any atom is 0.252 e. The molecule has 0 spiro atoms. The lowest BCUT2D eigenvalue weighted by Gasteiger charge is -2.41. The van der Waals surface area contributed by atoms with Crippen molar-refractivity contribution >= 4 is 5.91 Å². The van der Waals surface area contributed by atoms with Crippen molar-refractivity contribution in [1.29, 1.82) is 0 Å². The van der Waals surface area contributed by atoms with Gasteiger partial charge < -0.3 is 25.6 Å². The predicted molar refractivity (Wildman–Crippen MR) is 72.2 cm³/mol. The number of carbonyl (C=O) groups excluding carboxylic acids is 1. The molecule has 1 fully saturated rings. The Balaban J connectivity index is 2.73. The number of rotatable bonds is 6. The fraction of sp³-hybridized carbons (Fsp3) is 0.923. The van der Waals surface area contributed by atoms with Gasteiger partial charge in [0.05, 0.1) is 6.04 Å². The van der Waals surface area contributed by atoms with E-state index in [1.807, 2.05) is 0 Å². The van der Waals surface area contributed by atoms with Crippen LogP contribution >= 0.6 is 0 Å². The minimum Gasteiger partial charge on any atom is -0.380 e. The van der Waals surface area contributed by atoms with Gasteiger partial charge in [0, 0.05) is 20.3 Å². The number of halogens is 2. The van der Waals surface area contributed by atoms with Crippen molar-refractivity contribution in [3.63, 3.8) is 0 Å². The Kier molecular flexibility index (Phi) is 6.92. The number of carbonyl (C=O) groups is 1. The van der Waals surface area contributed by atoms with Gasteiger partial charge in [0.1, 0.15) is 24.6 Å². The predicted octanol–water partition coefficient (Wildman–Crippen LogP) is -0.321. The maximum absolute atomic E-state index is 14.4. The molecule has 1 rings (SSSR count). The Morgan fingerprint density at radius 3 is 2.48 bits per heavy atom.